The lowest BCUT2D eigenvalue weighted by Crippen LogP contribution is -2.31. The van der Waals surface area contributed by atoms with Crippen LogP contribution in [0, 0.1) is 0 Å². The van der Waals surface area contributed by atoms with Crippen LogP contribution >= 0.6 is 0 Å². The summed E-state index contributed by atoms with van der Waals surface area (Å²) >= 11 is 0. The van der Waals surface area contributed by atoms with Gasteiger partial charge >= 0.3 is 0 Å². The van der Waals surface area contributed by atoms with Crippen molar-refractivity contribution >= 4 is 44.8 Å². The van der Waals surface area contributed by atoms with E-state index in [1.54, 1.807) is 0 Å². The third-order valence-corrected chi connectivity index (χ3v) is 10.3. The van der Waals surface area contributed by atoms with Crippen LogP contribution in [0.15, 0.2) is 140 Å². The number of aromatic nitrogens is 2. The van der Waals surface area contributed by atoms with Gasteiger partial charge in [-0.3, -0.25) is 9.69 Å². The maximum absolute atomic E-state index is 14.1. The molecule has 6 aromatic rings. The van der Waals surface area contributed by atoms with E-state index in [1.165, 1.54) is 32.9 Å². The normalized spacial score (nSPS) is 14.3. The smallest absolute Gasteiger partial charge is 0.195 e. The first-order valence-corrected chi connectivity index (χ1v) is 16.1. The van der Waals surface area contributed by atoms with Crippen LogP contribution in [-0.4, -0.2) is 15.3 Å². The summed E-state index contributed by atoms with van der Waals surface area (Å²) in [4.78, 5) is 21.5. The lowest BCUT2D eigenvalue weighted by Gasteiger charge is -2.41. The quantitative estimate of drug-likeness (QED) is 0.197. The molecule has 0 atom stereocenters. The third kappa shape index (κ3) is 3.47. The zero-order valence-corrected chi connectivity index (χ0v) is 26.0. The molecule has 0 bridgehead atoms. The molecule has 222 valence electrons. The first kappa shape index (κ1) is 26.2. The standard InChI is InChI=1S/C43H29N3O/c1-43(2)34-18-10-12-20-37(34)46(40-23-32-33(25-44-40)31-21-26-13-5-3-8-16-28(26)41(31)42(32)47)39-22-30-29-17-9-11-19-36(29)45(38(30)24-35(39)43)27-14-6-4-7-15-27/h3-25H,1-2H3. The summed E-state index contributed by atoms with van der Waals surface area (Å²) in [6.45, 7) is 4.62. The van der Waals surface area contributed by atoms with Crippen LogP contribution in [0.25, 0.3) is 49.7 Å². The molecule has 4 aromatic carbocycles. The van der Waals surface area contributed by atoms with Crippen molar-refractivity contribution in [2.45, 2.75) is 19.3 Å². The second-order valence-corrected chi connectivity index (χ2v) is 13.2. The molecule has 10 rings (SSSR count). The topological polar surface area (TPSA) is 38.1 Å². The maximum Gasteiger partial charge on any atom is 0.195 e. The Morgan fingerprint density at radius 1 is 0.574 bits per heavy atom. The predicted octanol–water partition coefficient (Wildman–Crippen LogP) is 10.6. The monoisotopic (exact) mass is 603 g/mol. The van der Waals surface area contributed by atoms with Gasteiger partial charge in [0.2, 0.25) is 0 Å². The molecular formula is C43H29N3O. The van der Waals surface area contributed by atoms with Gasteiger partial charge in [-0.25, -0.2) is 4.98 Å². The minimum absolute atomic E-state index is 0.0621. The van der Waals surface area contributed by atoms with Crippen molar-refractivity contribution in [3.05, 3.63) is 162 Å². The van der Waals surface area contributed by atoms with Gasteiger partial charge in [-0.15, -0.1) is 0 Å². The van der Waals surface area contributed by atoms with Crippen LogP contribution in [0.5, 0.6) is 0 Å². The van der Waals surface area contributed by atoms with Crippen molar-refractivity contribution in [2.75, 3.05) is 4.90 Å². The van der Waals surface area contributed by atoms with Crippen molar-refractivity contribution in [2.24, 2.45) is 0 Å². The van der Waals surface area contributed by atoms with E-state index in [0.29, 0.717) is 5.56 Å². The molecule has 4 aliphatic rings. The molecular weight excluding hydrogens is 574 g/mol. The average molecular weight is 604 g/mol. The second kappa shape index (κ2) is 9.27. The van der Waals surface area contributed by atoms with Crippen LogP contribution in [0.2, 0.25) is 0 Å². The van der Waals surface area contributed by atoms with Crippen molar-refractivity contribution < 1.29 is 4.79 Å². The molecule has 1 aliphatic heterocycles. The van der Waals surface area contributed by atoms with Gasteiger partial charge in [0, 0.05) is 44.8 Å². The van der Waals surface area contributed by atoms with E-state index >= 15 is 0 Å². The Kier molecular flexibility index (Phi) is 5.18. The maximum atomic E-state index is 14.1. The Hall–Kier alpha value is -6.00. The summed E-state index contributed by atoms with van der Waals surface area (Å²) in [6.07, 6.45) is 1.90. The van der Waals surface area contributed by atoms with Crippen LogP contribution < -0.4 is 4.90 Å². The summed E-state index contributed by atoms with van der Waals surface area (Å²) in [5.41, 5.74) is 13.2. The summed E-state index contributed by atoms with van der Waals surface area (Å²) in [6, 6.07) is 46.8. The molecule has 0 spiro atoms. The van der Waals surface area contributed by atoms with Crippen molar-refractivity contribution in [3.63, 3.8) is 0 Å². The number of benzene rings is 4. The number of rotatable bonds is 2. The molecule has 2 aromatic heterocycles. The van der Waals surface area contributed by atoms with Crippen molar-refractivity contribution in [3.8, 4) is 27.9 Å². The van der Waals surface area contributed by atoms with Gasteiger partial charge in [0.15, 0.2) is 5.78 Å². The number of nitrogens with zero attached hydrogens (tertiary/aromatic N) is 3. The van der Waals surface area contributed by atoms with E-state index < -0.39 is 0 Å². The van der Waals surface area contributed by atoms with Crippen LogP contribution in [0.1, 0.15) is 40.9 Å². The number of anilines is 3. The first-order chi connectivity index (χ1) is 23.0. The van der Waals surface area contributed by atoms with Crippen molar-refractivity contribution in [1.29, 1.82) is 0 Å². The number of hydrogen-bond donors (Lipinski definition) is 0. The van der Waals surface area contributed by atoms with E-state index in [2.05, 4.69) is 126 Å². The zero-order valence-electron chi connectivity index (χ0n) is 26.0. The molecule has 0 unspecified atom stereocenters. The van der Waals surface area contributed by atoms with E-state index in [0.717, 1.165) is 50.7 Å². The summed E-state index contributed by atoms with van der Waals surface area (Å²) in [7, 11) is 0. The highest BCUT2D eigenvalue weighted by Crippen LogP contribution is 2.54. The first-order valence-electron chi connectivity index (χ1n) is 16.1. The summed E-state index contributed by atoms with van der Waals surface area (Å²) < 4.78 is 2.37. The third-order valence-electron chi connectivity index (χ3n) is 10.3. The molecule has 3 aliphatic carbocycles. The number of para-hydroxylation sites is 3. The Bertz CT molecular complexity index is 2580. The average Bonchev–Trinajstić information content (AvgIpc) is 3.64. The number of fused-ring (bicyclic) bond motifs is 10. The Morgan fingerprint density at radius 2 is 1.32 bits per heavy atom. The molecule has 0 saturated carbocycles. The van der Waals surface area contributed by atoms with Gasteiger partial charge < -0.3 is 4.57 Å². The predicted molar refractivity (Wildman–Crippen MR) is 191 cm³/mol. The molecule has 0 saturated heterocycles. The molecule has 0 fully saturated rings. The van der Waals surface area contributed by atoms with E-state index in [-0.39, 0.29) is 11.2 Å². The number of hydrogen-bond acceptors (Lipinski definition) is 3. The minimum Gasteiger partial charge on any atom is -0.309 e. The van der Waals surface area contributed by atoms with Crippen molar-refractivity contribution in [1.82, 2.24) is 9.55 Å². The Labute approximate surface area is 272 Å². The fourth-order valence-electron chi connectivity index (χ4n) is 8.11. The highest BCUT2D eigenvalue weighted by Gasteiger charge is 2.39. The fraction of sp³-hybridized carbons (Fsp3) is 0.0698. The largest absolute Gasteiger partial charge is 0.309 e. The fourth-order valence-corrected chi connectivity index (χ4v) is 8.11. The van der Waals surface area contributed by atoms with Gasteiger partial charge in [-0.05, 0) is 76.3 Å². The van der Waals surface area contributed by atoms with Gasteiger partial charge in [-0.1, -0.05) is 98.8 Å². The Balaban J connectivity index is 1.24. The molecule has 3 heterocycles. The zero-order chi connectivity index (χ0) is 31.4. The number of carbonyl (C=O) groups excluding carboxylic acids is 1. The highest BCUT2D eigenvalue weighted by molar-refractivity contribution is 6.26. The molecule has 47 heavy (non-hydrogen) atoms. The van der Waals surface area contributed by atoms with Crippen LogP contribution in [0.4, 0.5) is 17.2 Å². The van der Waals surface area contributed by atoms with Crippen LogP contribution in [-0.2, 0) is 5.41 Å². The molecule has 0 N–H and O–H groups in total. The molecule has 4 nitrogen and oxygen atoms in total. The van der Waals surface area contributed by atoms with Gasteiger partial charge in [0.05, 0.1) is 22.4 Å². The summed E-state index contributed by atoms with van der Waals surface area (Å²) in [5.74, 6) is 0.805. The van der Waals surface area contributed by atoms with E-state index in [1.807, 2.05) is 36.5 Å². The van der Waals surface area contributed by atoms with Gasteiger partial charge in [0.25, 0.3) is 0 Å². The molecule has 0 radical (unpaired) electrons. The molecule has 0 amide bonds. The SMILES string of the molecule is CC1(C)c2ccccc2N(c2cc3c(cn2)-c2cc4cccccc-4c2C3=O)c2cc3c4ccccc4n(-c4ccccc4)c3cc21. The number of carbonyl (C=O) groups is 1. The van der Waals surface area contributed by atoms with Gasteiger partial charge in [-0.2, -0.15) is 0 Å². The van der Waals surface area contributed by atoms with E-state index in [9.17, 15) is 4.79 Å². The van der Waals surface area contributed by atoms with Crippen LogP contribution in [0.3, 0.4) is 0 Å². The Morgan fingerprint density at radius 3 is 2.19 bits per heavy atom. The number of ketones is 1. The second-order valence-electron chi connectivity index (χ2n) is 13.2. The van der Waals surface area contributed by atoms with Gasteiger partial charge in [0.1, 0.15) is 5.82 Å². The molecule has 4 heteroatoms. The van der Waals surface area contributed by atoms with E-state index in [4.69, 9.17) is 4.98 Å². The lowest BCUT2D eigenvalue weighted by atomic mass is 9.73. The minimum atomic E-state index is -0.280. The lowest BCUT2D eigenvalue weighted by molar-refractivity contribution is 0.104. The summed E-state index contributed by atoms with van der Waals surface area (Å²) in [5, 5.41) is 2.38. The highest BCUT2D eigenvalue weighted by atomic mass is 16.1. The number of pyridine rings is 1.